The molecule has 0 bridgehead atoms. The van der Waals surface area contributed by atoms with Crippen molar-refractivity contribution in [3.63, 3.8) is 0 Å². The number of hydrogen-bond donors (Lipinski definition) is 1. The maximum absolute atomic E-state index is 5.52. The number of rotatable bonds is 3. The van der Waals surface area contributed by atoms with Crippen LogP contribution >= 0.6 is 0 Å². The van der Waals surface area contributed by atoms with Crippen molar-refractivity contribution >= 4 is 6.01 Å². The summed E-state index contributed by atoms with van der Waals surface area (Å²) in [6.45, 7) is 1.83. The van der Waals surface area contributed by atoms with Gasteiger partial charge in [0.15, 0.2) is 5.76 Å². The van der Waals surface area contributed by atoms with Gasteiger partial charge in [-0.3, -0.25) is 0 Å². The Labute approximate surface area is 99.2 Å². The van der Waals surface area contributed by atoms with Crippen molar-refractivity contribution in [3.8, 4) is 22.8 Å². The quantitative estimate of drug-likeness (QED) is 0.881. The van der Waals surface area contributed by atoms with E-state index >= 15 is 0 Å². The normalized spacial score (nSPS) is 10.3. The van der Waals surface area contributed by atoms with E-state index in [-0.39, 0.29) is 6.01 Å². The lowest BCUT2D eigenvalue weighted by Gasteiger charge is -2.08. The van der Waals surface area contributed by atoms with Crippen LogP contribution in [0.3, 0.4) is 0 Å². The van der Waals surface area contributed by atoms with Crippen LogP contribution in [0.5, 0.6) is 11.5 Å². The van der Waals surface area contributed by atoms with E-state index in [0.29, 0.717) is 11.5 Å². The second-order valence-electron chi connectivity index (χ2n) is 3.53. The second kappa shape index (κ2) is 4.37. The summed E-state index contributed by atoms with van der Waals surface area (Å²) in [5.74, 6) is 1.99. The molecule has 0 saturated carbocycles. The molecular formula is C12H14N2O3. The van der Waals surface area contributed by atoms with Crippen molar-refractivity contribution in [1.29, 1.82) is 0 Å². The minimum absolute atomic E-state index is 0.148. The average molecular weight is 234 g/mol. The molecule has 0 fully saturated rings. The molecule has 90 valence electrons. The Morgan fingerprint density at radius 3 is 2.53 bits per heavy atom. The molecule has 0 radical (unpaired) electrons. The molecule has 0 spiro atoms. The third-order valence-electron chi connectivity index (χ3n) is 2.47. The van der Waals surface area contributed by atoms with Gasteiger partial charge in [0.2, 0.25) is 0 Å². The fourth-order valence-corrected chi connectivity index (χ4v) is 1.65. The molecule has 17 heavy (non-hydrogen) atoms. The van der Waals surface area contributed by atoms with Crippen LogP contribution in [0.2, 0.25) is 0 Å². The number of nitrogens with two attached hydrogens (primary N) is 1. The summed E-state index contributed by atoms with van der Waals surface area (Å²) < 4.78 is 15.8. The first kappa shape index (κ1) is 11.3. The second-order valence-corrected chi connectivity index (χ2v) is 3.53. The van der Waals surface area contributed by atoms with Crippen LogP contribution in [-0.4, -0.2) is 19.2 Å². The summed E-state index contributed by atoms with van der Waals surface area (Å²) in [5, 5.41) is 0. The van der Waals surface area contributed by atoms with Gasteiger partial charge in [0.1, 0.15) is 11.5 Å². The molecule has 5 heteroatoms. The Morgan fingerprint density at radius 1 is 1.24 bits per heavy atom. The fourth-order valence-electron chi connectivity index (χ4n) is 1.65. The third kappa shape index (κ3) is 2.04. The van der Waals surface area contributed by atoms with Gasteiger partial charge in [0.05, 0.1) is 25.5 Å². The van der Waals surface area contributed by atoms with Crippen molar-refractivity contribution in [2.24, 2.45) is 0 Å². The van der Waals surface area contributed by atoms with Crippen molar-refractivity contribution in [2.75, 3.05) is 20.0 Å². The standard InChI is InChI=1S/C12H14N2O3/c1-7-11(17-12(13)14-7)9-5-4-8(15-2)6-10(9)16-3/h4-6H,1-3H3,(H2,13,14). The maximum atomic E-state index is 5.52. The monoisotopic (exact) mass is 234 g/mol. The Balaban J connectivity index is 2.55. The number of aromatic nitrogens is 1. The summed E-state index contributed by atoms with van der Waals surface area (Å²) in [7, 11) is 3.19. The van der Waals surface area contributed by atoms with Crippen LogP contribution in [-0.2, 0) is 0 Å². The van der Waals surface area contributed by atoms with Gasteiger partial charge in [-0.1, -0.05) is 0 Å². The van der Waals surface area contributed by atoms with Crippen molar-refractivity contribution in [2.45, 2.75) is 6.92 Å². The molecule has 5 nitrogen and oxygen atoms in total. The lowest BCUT2D eigenvalue weighted by molar-refractivity contribution is 0.394. The summed E-state index contributed by atoms with van der Waals surface area (Å²) in [6, 6.07) is 5.61. The SMILES string of the molecule is COc1ccc(-c2oc(N)nc2C)c(OC)c1. The van der Waals surface area contributed by atoms with E-state index in [1.807, 2.05) is 19.1 Å². The molecule has 2 rings (SSSR count). The van der Waals surface area contributed by atoms with Gasteiger partial charge < -0.3 is 19.6 Å². The molecule has 2 N–H and O–H groups in total. The molecule has 1 aromatic carbocycles. The molecule has 0 aliphatic rings. The highest BCUT2D eigenvalue weighted by Crippen LogP contribution is 2.35. The number of ether oxygens (including phenoxy) is 2. The van der Waals surface area contributed by atoms with Crippen LogP contribution in [0.4, 0.5) is 6.01 Å². The molecule has 0 aliphatic carbocycles. The molecule has 0 saturated heterocycles. The summed E-state index contributed by atoms with van der Waals surface area (Å²) in [4.78, 5) is 4.03. The Kier molecular flexibility index (Phi) is 2.91. The largest absolute Gasteiger partial charge is 0.497 e. The predicted octanol–water partition coefficient (Wildman–Crippen LogP) is 2.25. The zero-order chi connectivity index (χ0) is 12.4. The fraction of sp³-hybridized carbons (Fsp3) is 0.250. The highest BCUT2D eigenvalue weighted by atomic mass is 16.5. The number of aryl methyl sites for hydroxylation is 1. The van der Waals surface area contributed by atoms with E-state index in [2.05, 4.69) is 4.98 Å². The van der Waals surface area contributed by atoms with Crippen molar-refractivity contribution in [3.05, 3.63) is 23.9 Å². The number of oxazole rings is 1. The highest BCUT2D eigenvalue weighted by molar-refractivity contribution is 5.69. The molecule has 0 aliphatic heterocycles. The molecular weight excluding hydrogens is 220 g/mol. The Hall–Kier alpha value is -2.17. The van der Waals surface area contributed by atoms with Gasteiger partial charge in [-0.2, -0.15) is 4.98 Å². The number of hydrogen-bond acceptors (Lipinski definition) is 5. The number of nitrogen functional groups attached to an aromatic ring is 1. The third-order valence-corrected chi connectivity index (χ3v) is 2.47. The first-order valence-corrected chi connectivity index (χ1v) is 5.11. The minimum atomic E-state index is 0.148. The van der Waals surface area contributed by atoms with Crippen LogP contribution in [0.1, 0.15) is 5.69 Å². The smallest absolute Gasteiger partial charge is 0.292 e. The summed E-state index contributed by atoms with van der Waals surface area (Å²) >= 11 is 0. The lowest BCUT2D eigenvalue weighted by Crippen LogP contribution is -1.90. The van der Waals surface area contributed by atoms with Crippen LogP contribution in [0.15, 0.2) is 22.6 Å². The number of nitrogens with zero attached hydrogens (tertiary/aromatic N) is 1. The molecule has 1 heterocycles. The molecule has 0 amide bonds. The topological polar surface area (TPSA) is 70.5 Å². The Morgan fingerprint density at radius 2 is 2.00 bits per heavy atom. The summed E-state index contributed by atoms with van der Waals surface area (Å²) in [5.41, 5.74) is 7.05. The van der Waals surface area contributed by atoms with Crippen molar-refractivity contribution < 1.29 is 13.9 Å². The molecule has 0 atom stereocenters. The first-order chi connectivity index (χ1) is 8.15. The van der Waals surface area contributed by atoms with Crippen LogP contribution < -0.4 is 15.2 Å². The average Bonchev–Trinajstić information content (AvgIpc) is 2.67. The zero-order valence-corrected chi connectivity index (χ0v) is 9.98. The molecule has 1 aromatic heterocycles. The Bertz CT molecular complexity index is 535. The van der Waals surface area contributed by atoms with E-state index in [1.54, 1.807) is 20.3 Å². The van der Waals surface area contributed by atoms with Gasteiger partial charge in [0, 0.05) is 6.07 Å². The van der Waals surface area contributed by atoms with E-state index in [4.69, 9.17) is 19.6 Å². The van der Waals surface area contributed by atoms with E-state index in [0.717, 1.165) is 17.0 Å². The van der Waals surface area contributed by atoms with Gasteiger partial charge in [-0.15, -0.1) is 0 Å². The molecule has 0 unspecified atom stereocenters. The zero-order valence-electron chi connectivity index (χ0n) is 9.98. The minimum Gasteiger partial charge on any atom is -0.497 e. The maximum Gasteiger partial charge on any atom is 0.292 e. The number of methoxy groups -OCH3 is 2. The van der Waals surface area contributed by atoms with Gasteiger partial charge in [-0.25, -0.2) is 0 Å². The lowest BCUT2D eigenvalue weighted by atomic mass is 10.1. The van der Waals surface area contributed by atoms with Gasteiger partial charge >= 0.3 is 0 Å². The summed E-state index contributed by atoms with van der Waals surface area (Å²) in [6.07, 6.45) is 0. The van der Waals surface area contributed by atoms with Crippen molar-refractivity contribution in [1.82, 2.24) is 4.98 Å². The van der Waals surface area contributed by atoms with Gasteiger partial charge in [0.25, 0.3) is 6.01 Å². The number of benzene rings is 1. The van der Waals surface area contributed by atoms with Crippen LogP contribution in [0.25, 0.3) is 11.3 Å². The van der Waals surface area contributed by atoms with Gasteiger partial charge in [-0.05, 0) is 19.1 Å². The predicted molar refractivity (Wildman–Crippen MR) is 64.2 cm³/mol. The van der Waals surface area contributed by atoms with Crippen LogP contribution in [0, 0.1) is 6.92 Å². The van der Waals surface area contributed by atoms with E-state index < -0.39 is 0 Å². The first-order valence-electron chi connectivity index (χ1n) is 5.11. The van der Waals surface area contributed by atoms with E-state index in [1.165, 1.54) is 0 Å². The number of anilines is 1. The van der Waals surface area contributed by atoms with E-state index in [9.17, 15) is 0 Å². The highest BCUT2D eigenvalue weighted by Gasteiger charge is 2.15. The molecule has 2 aromatic rings.